The zero-order valence-corrected chi connectivity index (χ0v) is 17.7. The van der Waals surface area contributed by atoms with Gasteiger partial charge in [0.2, 0.25) is 5.91 Å². The predicted molar refractivity (Wildman–Crippen MR) is 119 cm³/mol. The summed E-state index contributed by atoms with van der Waals surface area (Å²) in [5.74, 6) is 0.601. The number of anilines is 1. The second-order valence-corrected chi connectivity index (χ2v) is 7.84. The molecule has 2 aromatic carbocycles. The molecule has 0 saturated carbocycles. The monoisotopic (exact) mass is 405 g/mol. The van der Waals surface area contributed by atoms with E-state index >= 15 is 0 Å². The molecule has 1 aliphatic rings. The number of nitrogens with one attached hydrogen (secondary N) is 2. The van der Waals surface area contributed by atoms with Crippen LogP contribution in [-0.4, -0.2) is 36.0 Å². The number of pyridine rings is 1. The summed E-state index contributed by atoms with van der Waals surface area (Å²) in [6.45, 7) is 5.51. The van der Waals surface area contributed by atoms with Crippen LogP contribution in [0, 0.1) is 6.92 Å². The van der Waals surface area contributed by atoms with Crippen molar-refractivity contribution in [3.05, 3.63) is 69.0 Å². The van der Waals surface area contributed by atoms with Gasteiger partial charge < -0.3 is 15.0 Å². The van der Waals surface area contributed by atoms with E-state index in [4.69, 9.17) is 4.74 Å². The summed E-state index contributed by atoms with van der Waals surface area (Å²) < 4.78 is 5.33. The zero-order chi connectivity index (χ0) is 21.3. The van der Waals surface area contributed by atoms with Crippen LogP contribution in [0.1, 0.15) is 29.3 Å². The van der Waals surface area contributed by atoms with Gasteiger partial charge in [0.15, 0.2) is 5.43 Å². The Labute approximate surface area is 175 Å². The lowest BCUT2D eigenvalue weighted by Gasteiger charge is -2.28. The van der Waals surface area contributed by atoms with E-state index in [9.17, 15) is 9.59 Å². The molecule has 0 spiro atoms. The Morgan fingerprint density at radius 2 is 2.00 bits per heavy atom. The Kier molecular flexibility index (Phi) is 5.59. The van der Waals surface area contributed by atoms with E-state index in [2.05, 4.69) is 17.2 Å². The van der Waals surface area contributed by atoms with Crippen LogP contribution in [0.25, 0.3) is 10.9 Å². The van der Waals surface area contributed by atoms with E-state index in [0.717, 1.165) is 41.0 Å². The average Bonchev–Trinajstić information content (AvgIpc) is 2.75. The van der Waals surface area contributed by atoms with Gasteiger partial charge in [-0.1, -0.05) is 19.1 Å². The summed E-state index contributed by atoms with van der Waals surface area (Å²) in [6.07, 6.45) is 1.68. The highest BCUT2D eigenvalue weighted by Crippen LogP contribution is 2.24. The first-order chi connectivity index (χ1) is 14.5. The van der Waals surface area contributed by atoms with Crippen molar-refractivity contribution >= 4 is 22.5 Å². The van der Waals surface area contributed by atoms with E-state index in [-0.39, 0.29) is 17.9 Å². The van der Waals surface area contributed by atoms with Gasteiger partial charge in [-0.2, -0.15) is 0 Å². The molecule has 1 aliphatic heterocycles. The molecular weight excluding hydrogens is 378 g/mol. The number of methoxy groups -OCH3 is 1. The molecule has 156 valence electrons. The van der Waals surface area contributed by atoms with Crippen LogP contribution in [0.4, 0.5) is 5.69 Å². The number of hydrogen-bond donors (Lipinski definition) is 2. The van der Waals surface area contributed by atoms with Crippen LogP contribution in [-0.2, 0) is 24.2 Å². The number of fused-ring (bicyclic) bond motifs is 2. The maximum absolute atomic E-state index is 13.2. The summed E-state index contributed by atoms with van der Waals surface area (Å²) >= 11 is 0. The first-order valence-electron chi connectivity index (χ1n) is 10.3. The standard InChI is InChI=1S/C24H27N3O3/c1-4-16-5-7-17(8-6-16)25-22(28)14-27-10-9-21-20(13-27)24(29)19-12-18(30-3)11-15(2)23(19)26-21/h5-8,11-12H,4,9-10,13-14H2,1-3H3,(H,25,28)(H,26,29). The lowest BCUT2D eigenvalue weighted by atomic mass is 10.0. The summed E-state index contributed by atoms with van der Waals surface area (Å²) in [7, 11) is 1.60. The SMILES string of the molecule is CCc1ccc(NC(=O)CN2CCc3[nH]c4c(C)cc(OC)cc4c(=O)c3C2)cc1. The molecule has 3 aromatic rings. The number of rotatable bonds is 5. The molecule has 6 heteroatoms. The number of benzene rings is 2. The van der Waals surface area contributed by atoms with E-state index in [0.29, 0.717) is 24.1 Å². The fraction of sp³-hybridized carbons (Fsp3) is 0.333. The van der Waals surface area contributed by atoms with Crippen molar-refractivity contribution in [1.82, 2.24) is 9.88 Å². The minimum Gasteiger partial charge on any atom is -0.497 e. The van der Waals surface area contributed by atoms with Crippen molar-refractivity contribution in [3.63, 3.8) is 0 Å². The van der Waals surface area contributed by atoms with Crippen molar-refractivity contribution in [2.75, 3.05) is 25.5 Å². The van der Waals surface area contributed by atoms with Crippen molar-refractivity contribution in [2.24, 2.45) is 0 Å². The van der Waals surface area contributed by atoms with Gasteiger partial charge >= 0.3 is 0 Å². The molecule has 2 heterocycles. The molecule has 0 aliphatic carbocycles. The van der Waals surface area contributed by atoms with Gasteiger partial charge in [-0.05, 0) is 48.7 Å². The molecule has 0 unspecified atom stereocenters. The number of aromatic amines is 1. The molecule has 0 radical (unpaired) electrons. The largest absolute Gasteiger partial charge is 0.497 e. The van der Waals surface area contributed by atoms with Crippen molar-refractivity contribution in [2.45, 2.75) is 33.2 Å². The molecule has 0 atom stereocenters. The predicted octanol–water partition coefficient (Wildman–Crippen LogP) is 3.40. The van der Waals surface area contributed by atoms with Gasteiger partial charge in [0, 0.05) is 41.8 Å². The van der Waals surface area contributed by atoms with Gasteiger partial charge in [-0.3, -0.25) is 14.5 Å². The van der Waals surface area contributed by atoms with Gasteiger partial charge in [-0.15, -0.1) is 0 Å². The van der Waals surface area contributed by atoms with Crippen LogP contribution >= 0.6 is 0 Å². The topological polar surface area (TPSA) is 74.4 Å². The van der Waals surface area contributed by atoms with Gasteiger partial charge in [0.1, 0.15) is 5.75 Å². The zero-order valence-electron chi connectivity index (χ0n) is 17.7. The molecule has 2 N–H and O–H groups in total. The third-order valence-corrected chi connectivity index (χ3v) is 5.78. The maximum atomic E-state index is 13.2. The smallest absolute Gasteiger partial charge is 0.238 e. The van der Waals surface area contributed by atoms with E-state index in [1.165, 1.54) is 5.56 Å². The molecule has 0 fully saturated rings. The summed E-state index contributed by atoms with van der Waals surface area (Å²) in [6, 6.07) is 11.6. The number of amides is 1. The maximum Gasteiger partial charge on any atom is 0.238 e. The number of carbonyl (C=O) groups excluding carboxylic acids is 1. The first-order valence-corrected chi connectivity index (χ1v) is 10.3. The average molecular weight is 405 g/mol. The minimum absolute atomic E-state index is 0.0148. The molecule has 0 saturated heterocycles. The van der Waals surface area contributed by atoms with E-state index in [1.54, 1.807) is 13.2 Å². The Morgan fingerprint density at radius 1 is 1.23 bits per heavy atom. The minimum atomic E-state index is -0.0718. The van der Waals surface area contributed by atoms with Crippen LogP contribution in [0.15, 0.2) is 41.2 Å². The second-order valence-electron chi connectivity index (χ2n) is 7.84. The first kappa shape index (κ1) is 20.2. The highest BCUT2D eigenvalue weighted by Gasteiger charge is 2.23. The molecule has 1 aromatic heterocycles. The van der Waals surface area contributed by atoms with Crippen molar-refractivity contribution in [1.29, 1.82) is 0 Å². The fourth-order valence-electron chi connectivity index (χ4n) is 4.06. The number of aryl methyl sites for hydroxylation is 2. The lowest BCUT2D eigenvalue weighted by Crippen LogP contribution is -2.39. The van der Waals surface area contributed by atoms with Crippen LogP contribution in [0.5, 0.6) is 5.75 Å². The Hall–Kier alpha value is -3.12. The lowest BCUT2D eigenvalue weighted by molar-refractivity contribution is -0.117. The third kappa shape index (κ3) is 3.96. The number of ether oxygens (including phenoxy) is 1. The number of H-pyrrole nitrogens is 1. The summed E-state index contributed by atoms with van der Waals surface area (Å²) in [5.41, 5.74) is 5.59. The molecule has 0 bridgehead atoms. The number of nitrogens with zero attached hydrogens (tertiary/aromatic N) is 1. The molecule has 1 amide bonds. The highest BCUT2D eigenvalue weighted by molar-refractivity contribution is 5.92. The quantitative estimate of drug-likeness (QED) is 0.682. The van der Waals surface area contributed by atoms with Crippen molar-refractivity contribution in [3.8, 4) is 5.75 Å². The molecule has 6 nitrogen and oxygen atoms in total. The molecular formula is C24H27N3O3. The second kappa shape index (κ2) is 8.32. The van der Waals surface area contributed by atoms with Crippen LogP contribution in [0.3, 0.4) is 0 Å². The van der Waals surface area contributed by atoms with Gasteiger partial charge in [0.25, 0.3) is 0 Å². The highest BCUT2D eigenvalue weighted by atomic mass is 16.5. The Bertz CT molecular complexity index is 1150. The third-order valence-electron chi connectivity index (χ3n) is 5.78. The van der Waals surface area contributed by atoms with Gasteiger partial charge in [-0.25, -0.2) is 0 Å². The molecule has 30 heavy (non-hydrogen) atoms. The van der Waals surface area contributed by atoms with Gasteiger partial charge in [0.05, 0.1) is 19.2 Å². The van der Waals surface area contributed by atoms with Crippen molar-refractivity contribution < 1.29 is 9.53 Å². The Balaban J connectivity index is 1.52. The number of aromatic nitrogens is 1. The Morgan fingerprint density at radius 3 is 2.70 bits per heavy atom. The fourth-order valence-corrected chi connectivity index (χ4v) is 4.06. The normalized spacial score (nSPS) is 13.8. The van der Waals surface area contributed by atoms with Crippen LogP contribution < -0.4 is 15.5 Å². The molecule has 4 rings (SSSR count). The summed E-state index contributed by atoms with van der Waals surface area (Å²) in [4.78, 5) is 31.2. The number of hydrogen-bond acceptors (Lipinski definition) is 4. The number of carbonyl (C=O) groups is 1. The van der Waals surface area contributed by atoms with E-state index in [1.807, 2.05) is 42.2 Å². The van der Waals surface area contributed by atoms with Crippen LogP contribution in [0.2, 0.25) is 0 Å². The summed E-state index contributed by atoms with van der Waals surface area (Å²) in [5, 5.41) is 3.58. The van der Waals surface area contributed by atoms with E-state index < -0.39 is 0 Å².